The molecule has 12 heavy (non-hydrogen) atoms. The van der Waals surface area contributed by atoms with Gasteiger partial charge in [-0.2, -0.15) is 0 Å². The van der Waals surface area contributed by atoms with E-state index in [0.717, 1.165) is 17.5 Å². The van der Waals surface area contributed by atoms with Crippen LogP contribution in [0.5, 0.6) is 0 Å². The molecule has 2 rings (SSSR count). The van der Waals surface area contributed by atoms with Gasteiger partial charge < -0.3 is 4.98 Å². The van der Waals surface area contributed by atoms with Crippen molar-refractivity contribution in [3.63, 3.8) is 0 Å². The minimum Gasteiger partial charge on any atom is -0.356 e. The molecule has 1 aliphatic rings. The average Bonchev–Trinajstić information content (AvgIpc) is 2.46. The minimum atomic E-state index is -0.112. The maximum Gasteiger partial charge on any atom is 0.166 e. The summed E-state index contributed by atoms with van der Waals surface area (Å²) in [5, 5.41) is 0. The molecule has 2 nitrogen and oxygen atoms in total. The molecular weight excluding hydrogens is 157 g/mol. The Morgan fingerprint density at radius 1 is 1.58 bits per heavy atom. The van der Waals surface area contributed by atoms with Gasteiger partial charge in [0.15, 0.2) is 6.29 Å². The van der Waals surface area contributed by atoms with Gasteiger partial charge in [0.05, 0.1) is 5.69 Å². The van der Waals surface area contributed by atoms with Crippen LogP contribution in [0.2, 0.25) is 0 Å². The smallest absolute Gasteiger partial charge is 0.166 e. The van der Waals surface area contributed by atoms with Gasteiger partial charge in [0, 0.05) is 18.5 Å². The van der Waals surface area contributed by atoms with E-state index in [0.29, 0.717) is 18.5 Å². The number of nitrogens with one attached hydrogen (secondary N) is 1. The van der Waals surface area contributed by atoms with Crippen molar-refractivity contribution in [1.82, 2.24) is 4.98 Å². The Balaban J connectivity index is 2.39. The zero-order valence-electron chi connectivity index (χ0n) is 6.43. The summed E-state index contributed by atoms with van der Waals surface area (Å²) in [7, 11) is 0. The van der Waals surface area contributed by atoms with E-state index in [1.54, 1.807) is 6.07 Å². The lowest BCUT2D eigenvalue weighted by molar-refractivity contribution is 0.111. The number of rotatable bonds is 1. The number of halogens is 1. The summed E-state index contributed by atoms with van der Waals surface area (Å²) in [4.78, 5) is 13.3. The maximum absolute atomic E-state index is 12.7. The van der Waals surface area contributed by atoms with Crippen molar-refractivity contribution in [2.24, 2.45) is 0 Å². The number of hydrogen-bond acceptors (Lipinski definition) is 1. The van der Waals surface area contributed by atoms with Gasteiger partial charge in [0.1, 0.15) is 5.83 Å². The summed E-state index contributed by atoms with van der Waals surface area (Å²) in [6.45, 7) is 0. The van der Waals surface area contributed by atoms with Gasteiger partial charge in [0.2, 0.25) is 0 Å². The first-order valence-corrected chi connectivity index (χ1v) is 3.80. The van der Waals surface area contributed by atoms with Crippen molar-refractivity contribution in [3.05, 3.63) is 34.9 Å². The highest BCUT2D eigenvalue weighted by molar-refractivity contribution is 5.73. The van der Waals surface area contributed by atoms with Crippen LogP contribution in [-0.4, -0.2) is 11.3 Å². The van der Waals surface area contributed by atoms with Crippen molar-refractivity contribution in [2.45, 2.75) is 12.8 Å². The fourth-order valence-corrected chi connectivity index (χ4v) is 1.44. The molecule has 0 unspecified atom stereocenters. The first-order chi connectivity index (χ1) is 5.79. The van der Waals surface area contributed by atoms with Gasteiger partial charge in [-0.05, 0) is 17.7 Å². The molecule has 1 aliphatic carbocycles. The van der Waals surface area contributed by atoms with E-state index in [2.05, 4.69) is 4.98 Å². The van der Waals surface area contributed by atoms with E-state index < -0.39 is 0 Å². The molecule has 3 heteroatoms. The highest BCUT2D eigenvalue weighted by Crippen LogP contribution is 2.21. The monoisotopic (exact) mass is 165 g/mol. The molecule has 0 amide bonds. The molecular formula is C9H8FNO. The zero-order valence-corrected chi connectivity index (χ0v) is 6.43. The second kappa shape index (κ2) is 2.59. The van der Waals surface area contributed by atoms with E-state index in [-0.39, 0.29) is 5.83 Å². The quantitative estimate of drug-likeness (QED) is 0.632. The predicted molar refractivity (Wildman–Crippen MR) is 42.8 cm³/mol. The summed E-state index contributed by atoms with van der Waals surface area (Å²) in [5.41, 5.74) is 2.39. The first-order valence-electron chi connectivity index (χ1n) is 3.80. The summed E-state index contributed by atoms with van der Waals surface area (Å²) >= 11 is 0. The Hall–Kier alpha value is -1.38. The number of fused-ring (bicyclic) bond motifs is 1. The number of aldehydes is 1. The SMILES string of the molecule is O=Cc1cc2c([nH]1)CC=C(F)C2. The van der Waals surface area contributed by atoms with Crippen LogP contribution >= 0.6 is 0 Å². The molecule has 1 heterocycles. The van der Waals surface area contributed by atoms with Crippen molar-refractivity contribution in [2.75, 3.05) is 0 Å². The van der Waals surface area contributed by atoms with Crippen LogP contribution in [0.1, 0.15) is 21.7 Å². The highest BCUT2D eigenvalue weighted by Gasteiger charge is 2.13. The zero-order chi connectivity index (χ0) is 8.55. The largest absolute Gasteiger partial charge is 0.356 e. The van der Waals surface area contributed by atoms with E-state index in [1.807, 2.05) is 0 Å². The minimum absolute atomic E-state index is 0.112. The maximum atomic E-state index is 12.7. The lowest BCUT2D eigenvalue weighted by atomic mass is 10.0. The van der Waals surface area contributed by atoms with Gasteiger partial charge in [0.25, 0.3) is 0 Å². The summed E-state index contributed by atoms with van der Waals surface area (Å²) in [5.74, 6) is -0.112. The second-order valence-electron chi connectivity index (χ2n) is 2.88. The molecule has 0 bridgehead atoms. The molecule has 0 saturated carbocycles. The fourth-order valence-electron chi connectivity index (χ4n) is 1.44. The number of aromatic amines is 1. The Kier molecular flexibility index (Phi) is 1.57. The summed E-state index contributed by atoms with van der Waals surface area (Å²) < 4.78 is 12.7. The van der Waals surface area contributed by atoms with E-state index >= 15 is 0 Å². The summed E-state index contributed by atoms with van der Waals surface area (Å²) in [6, 6.07) is 1.70. The van der Waals surface area contributed by atoms with Crippen molar-refractivity contribution in [1.29, 1.82) is 0 Å². The standard InChI is InChI=1S/C9H8FNO/c10-7-1-2-9-6(3-7)4-8(5-12)11-9/h1,4-5,11H,2-3H2. The number of allylic oxidation sites excluding steroid dienone is 2. The Bertz CT molecular complexity index is 351. The Morgan fingerprint density at radius 3 is 3.17 bits per heavy atom. The third-order valence-electron chi connectivity index (χ3n) is 2.03. The molecule has 1 aromatic heterocycles. The molecule has 0 radical (unpaired) electrons. The van der Waals surface area contributed by atoms with Crippen LogP contribution in [0.3, 0.4) is 0 Å². The normalized spacial score (nSPS) is 15.2. The van der Waals surface area contributed by atoms with Gasteiger partial charge in [-0.3, -0.25) is 4.79 Å². The van der Waals surface area contributed by atoms with E-state index in [4.69, 9.17) is 0 Å². The third-order valence-corrected chi connectivity index (χ3v) is 2.03. The van der Waals surface area contributed by atoms with Crippen molar-refractivity contribution in [3.8, 4) is 0 Å². The molecule has 0 aliphatic heterocycles. The Morgan fingerprint density at radius 2 is 2.42 bits per heavy atom. The second-order valence-corrected chi connectivity index (χ2v) is 2.88. The fraction of sp³-hybridized carbons (Fsp3) is 0.222. The summed E-state index contributed by atoms with van der Waals surface area (Å²) in [6.07, 6.45) is 3.17. The lowest BCUT2D eigenvalue weighted by Gasteiger charge is -2.05. The van der Waals surface area contributed by atoms with Gasteiger partial charge >= 0.3 is 0 Å². The molecule has 1 aromatic rings. The molecule has 0 spiro atoms. The number of aromatic nitrogens is 1. The van der Waals surface area contributed by atoms with Crippen LogP contribution in [0.25, 0.3) is 0 Å². The lowest BCUT2D eigenvalue weighted by Crippen LogP contribution is -1.97. The molecule has 1 N–H and O–H groups in total. The average molecular weight is 165 g/mol. The Labute approximate surface area is 69.1 Å². The van der Waals surface area contributed by atoms with Crippen LogP contribution < -0.4 is 0 Å². The van der Waals surface area contributed by atoms with Crippen LogP contribution in [0, 0.1) is 0 Å². The third kappa shape index (κ3) is 1.07. The van der Waals surface area contributed by atoms with E-state index in [1.165, 1.54) is 6.08 Å². The van der Waals surface area contributed by atoms with Crippen molar-refractivity contribution < 1.29 is 9.18 Å². The van der Waals surface area contributed by atoms with Crippen LogP contribution in [0.15, 0.2) is 18.0 Å². The molecule has 0 saturated heterocycles. The van der Waals surface area contributed by atoms with Crippen LogP contribution in [-0.2, 0) is 12.8 Å². The van der Waals surface area contributed by atoms with Crippen molar-refractivity contribution >= 4 is 6.29 Å². The molecule has 0 atom stereocenters. The van der Waals surface area contributed by atoms with Gasteiger partial charge in [-0.1, -0.05) is 0 Å². The molecule has 0 fully saturated rings. The number of hydrogen-bond donors (Lipinski definition) is 1. The first kappa shape index (κ1) is 7.28. The number of H-pyrrole nitrogens is 1. The topological polar surface area (TPSA) is 32.9 Å². The predicted octanol–water partition coefficient (Wildman–Crippen LogP) is 1.78. The number of carbonyl (C=O) groups is 1. The molecule has 0 aromatic carbocycles. The van der Waals surface area contributed by atoms with Crippen LogP contribution in [0.4, 0.5) is 4.39 Å². The molecule has 62 valence electrons. The number of carbonyl (C=O) groups excluding carboxylic acids is 1. The van der Waals surface area contributed by atoms with Gasteiger partial charge in [-0.25, -0.2) is 4.39 Å². The van der Waals surface area contributed by atoms with E-state index in [9.17, 15) is 9.18 Å². The van der Waals surface area contributed by atoms with Gasteiger partial charge in [-0.15, -0.1) is 0 Å². The highest BCUT2D eigenvalue weighted by atomic mass is 19.1.